The summed E-state index contributed by atoms with van der Waals surface area (Å²) in [6, 6.07) is 6.40. The predicted molar refractivity (Wildman–Crippen MR) is 77.8 cm³/mol. The van der Waals surface area contributed by atoms with E-state index in [4.69, 9.17) is 10.2 Å². The summed E-state index contributed by atoms with van der Waals surface area (Å²) in [5.74, 6) is 0. The number of nitrogens with two attached hydrogens (primary N) is 1. The molecule has 7 heteroatoms. The first-order valence-corrected chi connectivity index (χ1v) is 7.65. The Morgan fingerprint density at radius 1 is 1.30 bits per heavy atom. The Hall–Kier alpha value is -1.99. The minimum absolute atomic E-state index is 0.184. The van der Waals surface area contributed by atoms with Crippen LogP contribution in [0.5, 0.6) is 0 Å². The highest BCUT2D eigenvalue weighted by Gasteiger charge is 2.14. The van der Waals surface area contributed by atoms with Crippen molar-refractivity contribution in [2.75, 3.05) is 17.6 Å². The van der Waals surface area contributed by atoms with Crippen LogP contribution < -0.4 is 15.8 Å². The fraction of sp³-hybridized carbons (Fsp3) is 0.231. The number of furan rings is 1. The summed E-state index contributed by atoms with van der Waals surface area (Å²) in [6.45, 7) is 2.57. The van der Waals surface area contributed by atoms with Gasteiger partial charge < -0.3 is 15.5 Å². The Morgan fingerprint density at radius 2 is 2.10 bits per heavy atom. The van der Waals surface area contributed by atoms with E-state index in [-0.39, 0.29) is 4.90 Å². The van der Waals surface area contributed by atoms with Crippen LogP contribution in [0.4, 0.5) is 11.4 Å². The lowest BCUT2D eigenvalue weighted by Gasteiger charge is -2.11. The average Bonchev–Trinajstić information content (AvgIpc) is 2.90. The highest BCUT2D eigenvalue weighted by molar-refractivity contribution is 7.89. The SMILES string of the molecule is CCNS(=O)(=O)c1ccc(N)c(NCc2ccoc2)c1. The summed E-state index contributed by atoms with van der Waals surface area (Å²) in [5.41, 5.74) is 7.86. The summed E-state index contributed by atoms with van der Waals surface area (Å²) in [6.07, 6.45) is 3.19. The van der Waals surface area contributed by atoms with E-state index < -0.39 is 10.0 Å². The minimum Gasteiger partial charge on any atom is -0.472 e. The lowest BCUT2D eigenvalue weighted by atomic mass is 10.2. The van der Waals surface area contributed by atoms with Gasteiger partial charge >= 0.3 is 0 Å². The first-order valence-electron chi connectivity index (χ1n) is 6.17. The summed E-state index contributed by atoms with van der Waals surface area (Å²) in [7, 11) is -3.49. The number of sulfonamides is 1. The summed E-state index contributed by atoms with van der Waals surface area (Å²) in [4.78, 5) is 0.184. The summed E-state index contributed by atoms with van der Waals surface area (Å²) in [5, 5.41) is 3.09. The topological polar surface area (TPSA) is 97.4 Å². The molecule has 0 radical (unpaired) electrons. The highest BCUT2D eigenvalue weighted by atomic mass is 32.2. The zero-order chi connectivity index (χ0) is 14.6. The lowest BCUT2D eigenvalue weighted by molar-refractivity contribution is 0.564. The van der Waals surface area contributed by atoms with Crippen LogP contribution in [-0.4, -0.2) is 15.0 Å². The van der Waals surface area contributed by atoms with Gasteiger partial charge in [-0.25, -0.2) is 13.1 Å². The molecule has 0 spiro atoms. The molecule has 108 valence electrons. The van der Waals surface area contributed by atoms with Crippen molar-refractivity contribution in [3.8, 4) is 0 Å². The Labute approximate surface area is 118 Å². The second-order valence-corrected chi connectivity index (χ2v) is 6.00. The van der Waals surface area contributed by atoms with Crippen molar-refractivity contribution in [2.24, 2.45) is 0 Å². The van der Waals surface area contributed by atoms with Crippen LogP contribution in [0.2, 0.25) is 0 Å². The summed E-state index contributed by atoms with van der Waals surface area (Å²) >= 11 is 0. The van der Waals surface area contributed by atoms with Gasteiger partial charge in [0.25, 0.3) is 0 Å². The first kappa shape index (κ1) is 14.4. The molecule has 0 unspecified atom stereocenters. The fourth-order valence-corrected chi connectivity index (χ4v) is 2.79. The van der Waals surface area contributed by atoms with Gasteiger partial charge in [-0.15, -0.1) is 0 Å². The van der Waals surface area contributed by atoms with Crippen molar-refractivity contribution in [1.29, 1.82) is 0 Å². The molecule has 0 aliphatic carbocycles. The molecule has 1 heterocycles. The van der Waals surface area contributed by atoms with Crippen molar-refractivity contribution in [1.82, 2.24) is 4.72 Å². The molecule has 0 fully saturated rings. The predicted octanol–water partition coefficient (Wildman–Crippen LogP) is 1.77. The molecule has 4 N–H and O–H groups in total. The third-order valence-electron chi connectivity index (χ3n) is 2.73. The maximum atomic E-state index is 11.9. The molecule has 0 aliphatic heterocycles. The fourth-order valence-electron chi connectivity index (χ4n) is 1.72. The van der Waals surface area contributed by atoms with E-state index in [0.717, 1.165) is 5.56 Å². The summed E-state index contributed by atoms with van der Waals surface area (Å²) < 4.78 is 31.3. The molecule has 0 saturated carbocycles. The average molecular weight is 295 g/mol. The van der Waals surface area contributed by atoms with Crippen LogP contribution >= 0.6 is 0 Å². The van der Waals surface area contributed by atoms with Crippen molar-refractivity contribution >= 4 is 21.4 Å². The third kappa shape index (κ3) is 3.31. The van der Waals surface area contributed by atoms with Gasteiger partial charge in [0.2, 0.25) is 10.0 Å². The molecule has 2 aromatic rings. The van der Waals surface area contributed by atoms with Gasteiger partial charge in [-0.3, -0.25) is 0 Å². The molecular weight excluding hydrogens is 278 g/mol. The highest BCUT2D eigenvalue weighted by Crippen LogP contribution is 2.23. The van der Waals surface area contributed by atoms with E-state index in [0.29, 0.717) is 24.5 Å². The molecule has 1 aromatic heterocycles. The maximum Gasteiger partial charge on any atom is 0.240 e. The normalized spacial score (nSPS) is 11.4. The number of nitrogens with one attached hydrogen (secondary N) is 2. The van der Waals surface area contributed by atoms with Gasteiger partial charge in [0.15, 0.2) is 0 Å². The molecule has 0 atom stereocenters. The van der Waals surface area contributed by atoms with Gasteiger partial charge in [0.1, 0.15) is 0 Å². The first-order chi connectivity index (χ1) is 9.53. The second-order valence-electron chi connectivity index (χ2n) is 4.24. The van der Waals surface area contributed by atoms with E-state index in [1.807, 2.05) is 6.07 Å². The van der Waals surface area contributed by atoms with Crippen molar-refractivity contribution in [2.45, 2.75) is 18.4 Å². The number of benzene rings is 1. The quantitative estimate of drug-likeness (QED) is 0.706. The number of hydrogen-bond acceptors (Lipinski definition) is 5. The third-order valence-corrected chi connectivity index (χ3v) is 4.28. The number of rotatable bonds is 6. The van der Waals surface area contributed by atoms with Gasteiger partial charge in [0, 0.05) is 18.7 Å². The molecule has 1 aromatic carbocycles. The molecule has 2 rings (SSSR count). The number of hydrogen-bond donors (Lipinski definition) is 3. The smallest absolute Gasteiger partial charge is 0.240 e. The van der Waals surface area contributed by atoms with Crippen LogP contribution in [0.15, 0.2) is 46.1 Å². The Kier molecular flexibility index (Phi) is 4.31. The van der Waals surface area contributed by atoms with Gasteiger partial charge in [-0.05, 0) is 24.3 Å². The van der Waals surface area contributed by atoms with Crippen LogP contribution in [0.1, 0.15) is 12.5 Å². The van der Waals surface area contributed by atoms with Crippen LogP contribution in [0.3, 0.4) is 0 Å². The largest absolute Gasteiger partial charge is 0.472 e. The van der Waals surface area contributed by atoms with Crippen molar-refractivity contribution in [3.63, 3.8) is 0 Å². The molecule has 0 amide bonds. The van der Waals surface area contributed by atoms with Crippen LogP contribution in [-0.2, 0) is 16.6 Å². The van der Waals surface area contributed by atoms with E-state index in [9.17, 15) is 8.42 Å². The van der Waals surface area contributed by atoms with Crippen molar-refractivity contribution in [3.05, 3.63) is 42.4 Å². The van der Waals surface area contributed by atoms with E-state index in [2.05, 4.69) is 10.0 Å². The lowest BCUT2D eigenvalue weighted by Crippen LogP contribution is -2.23. The van der Waals surface area contributed by atoms with E-state index in [1.165, 1.54) is 12.1 Å². The monoisotopic (exact) mass is 295 g/mol. The number of nitrogen functional groups attached to an aromatic ring is 1. The van der Waals surface area contributed by atoms with E-state index >= 15 is 0 Å². The van der Waals surface area contributed by atoms with Crippen molar-refractivity contribution < 1.29 is 12.8 Å². The Morgan fingerprint density at radius 3 is 2.75 bits per heavy atom. The maximum absolute atomic E-state index is 11.9. The van der Waals surface area contributed by atoms with Gasteiger partial charge in [-0.1, -0.05) is 6.92 Å². The van der Waals surface area contributed by atoms with Crippen LogP contribution in [0, 0.1) is 0 Å². The zero-order valence-electron chi connectivity index (χ0n) is 11.1. The molecule has 0 bridgehead atoms. The van der Waals surface area contributed by atoms with E-state index in [1.54, 1.807) is 25.5 Å². The molecule has 20 heavy (non-hydrogen) atoms. The molecule has 6 nitrogen and oxygen atoms in total. The molecule has 0 saturated heterocycles. The van der Waals surface area contributed by atoms with Crippen LogP contribution in [0.25, 0.3) is 0 Å². The van der Waals surface area contributed by atoms with Gasteiger partial charge in [-0.2, -0.15) is 0 Å². The zero-order valence-corrected chi connectivity index (χ0v) is 11.9. The molecule has 0 aliphatic rings. The molecular formula is C13H17N3O3S. The second kappa shape index (κ2) is 5.98. The number of anilines is 2. The van der Waals surface area contributed by atoms with Gasteiger partial charge in [0.05, 0.1) is 28.8 Å². The standard InChI is InChI=1S/C13H17N3O3S/c1-2-16-20(17,18)11-3-4-12(14)13(7-11)15-8-10-5-6-19-9-10/h3-7,9,15-16H,2,8,14H2,1H3. The minimum atomic E-state index is -3.49. The Bertz CT molecular complexity index is 666. The Balaban J connectivity index is 2.20.